The van der Waals surface area contributed by atoms with Crippen LogP contribution in [0.3, 0.4) is 0 Å². The van der Waals surface area contributed by atoms with Crippen molar-refractivity contribution < 1.29 is 0 Å². The maximum absolute atomic E-state index is 6.26. The molecule has 108 valence electrons. The minimum atomic E-state index is 0.547. The van der Waals surface area contributed by atoms with Gasteiger partial charge in [-0.05, 0) is 48.8 Å². The van der Waals surface area contributed by atoms with Crippen LogP contribution in [0, 0.1) is 5.92 Å². The van der Waals surface area contributed by atoms with Gasteiger partial charge in [0.25, 0.3) is 0 Å². The van der Waals surface area contributed by atoms with E-state index in [1.54, 1.807) is 0 Å². The third-order valence-corrected chi connectivity index (χ3v) is 4.52. The van der Waals surface area contributed by atoms with E-state index < -0.39 is 0 Å². The molecule has 0 aliphatic heterocycles. The molecule has 0 aromatic heterocycles. The molecule has 5 heteroatoms. The highest BCUT2D eigenvalue weighted by atomic mass is 35.5. The number of nitrogens with one attached hydrogen (secondary N) is 2. The van der Waals surface area contributed by atoms with Crippen LogP contribution in [-0.2, 0) is 0 Å². The van der Waals surface area contributed by atoms with Gasteiger partial charge in [-0.15, -0.1) is 0 Å². The van der Waals surface area contributed by atoms with Crippen molar-refractivity contribution in [3.63, 3.8) is 0 Å². The molecule has 1 aromatic rings. The van der Waals surface area contributed by atoms with Gasteiger partial charge in [-0.3, -0.25) is 4.99 Å². The Bertz CT molecular complexity index is 526. The molecule has 3 nitrogen and oxygen atoms in total. The van der Waals surface area contributed by atoms with E-state index in [1.807, 2.05) is 25.2 Å². The third kappa shape index (κ3) is 3.39. The first kappa shape index (κ1) is 14.0. The molecule has 2 N–H and O–H groups in total. The molecule has 3 rings (SSSR count). The van der Waals surface area contributed by atoms with Gasteiger partial charge in [0.2, 0.25) is 0 Å². The fraction of sp³-hybridized carbons (Fsp3) is 0.533. The summed E-state index contributed by atoms with van der Waals surface area (Å²) in [5.74, 6) is 2.10. The van der Waals surface area contributed by atoms with E-state index in [0.29, 0.717) is 22.9 Å². The van der Waals surface area contributed by atoms with Crippen LogP contribution in [-0.4, -0.2) is 25.6 Å². The van der Waals surface area contributed by atoms with Crippen molar-refractivity contribution >= 4 is 29.2 Å². The van der Waals surface area contributed by atoms with Crippen LogP contribution in [0.15, 0.2) is 23.2 Å². The summed E-state index contributed by atoms with van der Waals surface area (Å²) >= 11 is 12.2. The molecule has 0 saturated heterocycles. The molecule has 20 heavy (non-hydrogen) atoms. The quantitative estimate of drug-likeness (QED) is 0.660. The summed E-state index contributed by atoms with van der Waals surface area (Å²) in [5, 5.41) is 8.28. The molecule has 0 radical (unpaired) electrons. The Balaban J connectivity index is 1.51. The summed E-state index contributed by atoms with van der Waals surface area (Å²) in [6.07, 6.45) is 3.69. The standard InChI is InChI=1S/C15H19Cl2N3/c1-18-15(20-11-3-4-11)19-8-9-6-13(9)12-5-2-10(16)7-14(12)17/h2,5,7,9,11,13H,3-4,6,8H2,1H3,(H2,18,19,20). The van der Waals surface area contributed by atoms with Gasteiger partial charge in [0.1, 0.15) is 0 Å². The number of hydrogen-bond donors (Lipinski definition) is 2. The fourth-order valence-corrected chi connectivity index (χ4v) is 3.05. The number of hydrogen-bond acceptors (Lipinski definition) is 1. The van der Waals surface area contributed by atoms with Crippen molar-refractivity contribution in [2.75, 3.05) is 13.6 Å². The minimum Gasteiger partial charge on any atom is -0.356 e. The maximum Gasteiger partial charge on any atom is 0.191 e. The Morgan fingerprint density at radius 1 is 1.35 bits per heavy atom. The first-order valence-corrected chi connectivity index (χ1v) is 7.85. The highest BCUT2D eigenvalue weighted by Crippen LogP contribution is 2.49. The number of rotatable bonds is 4. The lowest BCUT2D eigenvalue weighted by molar-refractivity contribution is 0.718. The zero-order valence-corrected chi connectivity index (χ0v) is 13.0. The van der Waals surface area contributed by atoms with Gasteiger partial charge < -0.3 is 10.6 Å². The molecule has 0 spiro atoms. The van der Waals surface area contributed by atoms with Gasteiger partial charge in [0.15, 0.2) is 5.96 Å². The highest BCUT2D eigenvalue weighted by Gasteiger charge is 2.39. The summed E-state index contributed by atoms with van der Waals surface area (Å²) < 4.78 is 0. The van der Waals surface area contributed by atoms with Crippen LogP contribution in [0.5, 0.6) is 0 Å². The predicted octanol–water partition coefficient (Wildman–Crippen LogP) is 3.42. The van der Waals surface area contributed by atoms with E-state index in [4.69, 9.17) is 23.2 Å². The topological polar surface area (TPSA) is 36.4 Å². The predicted molar refractivity (Wildman–Crippen MR) is 84.8 cm³/mol. The van der Waals surface area contributed by atoms with E-state index in [9.17, 15) is 0 Å². The van der Waals surface area contributed by atoms with Gasteiger partial charge in [0.05, 0.1) is 0 Å². The Hall–Kier alpha value is -0.930. The average molecular weight is 312 g/mol. The number of guanidine groups is 1. The van der Waals surface area contributed by atoms with Gasteiger partial charge in [-0.25, -0.2) is 0 Å². The van der Waals surface area contributed by atoms with Crippen molar-refractivity contribution in [3.8, 4) is 0 Å². The lowest BCUT2D eigenvalue weighted by Gasteiger charge is -2.11. The first-order valence-electron chi connectivity index (χ1n) is 7.09. The number of nitrogens with zero attached hydrogens (tertiary/aromatic N) is 1. The fourth-order valence-electron chi connectivity index (χ4n) is 2.50. The molecule has 0 bridgehead atoms. The average Bonchev–Trinajstić information content (AvgIpc) is 3.30. The van der Waals surface area contributed by atoms with Crippen LogP contribution in [0.2, 0.25) is 10.0 Å². The van der Waals surface area contributed by atoms with Crippen LogP contribution in [0.1, 0.15) is 30.7 Å². The summed E-state index contributed by atoms with van der Waals surface area (Å²) in [6, 6.07) is 6.42. The highest BCUT2D eigenvalue weighted by molar-refractivity contribution is 6.35. The minimum absolute atomic E-state index is 0.547. The summed E-state index contributed by atoms with van der Waals surface area (Å²) in [4.78, 5) is 4.25. The smallest absolute Gasteiger partial charge is 0.191 e. The molecule has 0 amide bonds. The van der Waals surface area contributed by atoms with Crippen molar-refractivity contribution in [3.05, 3.63) is 33.8 Å². The van der Waals surface area contributed by atoms with Crippen molar-refractivity contribution in [1.82, 2.24) is 10.6 Å². The number of halogens is 2. The Morgan fingerprint density at radius 2 is 2.15 bits per heavy atom. The number of benzene rings is 1. The maximum atomic E-state index is 6.26. The molecule has 2 aliphatic rings. The van der Waals surface area contributed by atoms with E-state index in [1.165, 1.54) is 24.8 Å². The molecule has 2 unspecified atom stereocenters. The monoisotopic (exact) mass is 311 g/mol. The first-order chi connectivity index (χ1) is 9.67. The summed E-state index contributed by atoms with van der Waals surface area (Å²) in [5.41, 5.74) is 1.22. The van der Waals surface area contributed by atoms with Gasteiger partial charge in [-0.2, -0.15) is 0 Å². The molecular weight excluding hydrogens is 293 g/mol. The van der Waals surface area contributed by atoms with Gasteiger partial charge >= 0.3 is 0 Å². The Labute approximate surface area is 129 Å². The lowest BCUT2D eigenvalue weighted by atomic mass is 10.1. The van der Waals surface area contributed by atoms with E-state index in [2.05, 4.69) is 15.6 Å². The van der Waals surface area contributed by atoms with E-state index in [-0.39, 0.29) is 0 Å². The van der Waals surface area contributed by atoms with Gasteiger partial charge in [-0.1, -0.05) is 29.3 Å². The molecule has 2 saturated carbocycles. The zero-order valence-electron chi connectivity index (χ0n) is 11.5. The molecule has 2 fully saturated rings. The zero-order chi connectivity index (χ0) is 14.1. The molecule has 2 aliphatic carbocycles. The van der Waals surface area contributed by atoms with E-state index in [0.717, 1.165) is 17.5 Å². The second kappa shape index (κ2) is 5.82. The van der Waals surface area contributed by atoms with Crippen LogP contribution < -0.4 is 10.6 Å². The third-order valence-electron chi connectivity index (χ3n) is 3.96. The second-order valence-electron chi connectivity index (χ2n) is 5.64. The Morgan fingerprint density at radius 3 is 2.80 bits per heavy atom. The molecular formula is C15H19Cl2N3. The van der Waals surface area contributed by atoms with Crippen LogP contribution in [0.4, 0.5) is 0 Å². The van der Waals surface area contributed by atoms with Crippen molar-refractivity contribution in [1.29, 1.82) is 0 Å². The van der Waals surface area contributed by atoms with E-state index >= 15 is 0 Å². The van der Waals surface area contributed by atoms with Gasteiger partial charge in [0, 0.05) is 29.7 Å². The molecule has 2 atom stereocenters. The Kier molecular flexibility index (Phi) is 4.08. The summed E-state index contributed by atoms with van der Waals surface area (Å²) in [7, 11) is 1.82. The molecule has 0 heterocycles. The SMILES string of the molecule is CN=C(NCC1CC1c1ccc(Cl)cc1Cl)NC1CC1. The summed E-state index contributed by atoms with van der Waals surface area (Å²) in [6.45, 7) is 0.940. The lowest BCUT2D eigenvalue weighted by Crippen LogP contribution is -2.39. The number of aliphatic imine (C=N–C) groups is 1. The molecule has 1 aromatic carbocycles. The van der Waals surface area contributed by atoms with Crippen LogP contribution >= 0.6 is 23.2 Å². The van der Waals surface area contributed by atoms with Crippen molar-refractivity contribution in [2.45, 2.75) is 31.2 Å². The van der Waals surface area contributed by atoms with Crippen molar-refractivity contribution in [2.24, 2.45) is 10.9 Å². The second-order valence-corrected chi connectivity index (χ2v) is 6.48. The van der Waals surface area contributed by atoms with Crippen LogP contribution in [0.25, 0.3) is 0 Å². The largest absolute Gasteiger partial charge is 0.356 e. The normalized spacial score (nSPS) is 25.4.